The van der Waals surface area contributed by atoms with Crippen molar-refractivity contribution in [2.45, 2.75) is 31.5 Å². The highest BCUT2D eigenvalue weighted by Gasteiger charge is 2.17. The van der Waals surface area contributed by atoms with Crippen LogP contribution >= 0.6 is 0 Å². The number of rotatable bonds is 7. The average molecular weight is 239 g/mol. The quantitative estimate of drug-likeness (QED) is 0.553. The Morgan fingerprint density at radius 3 is 2.29 bits per heavy atom. The lowest BCUT2D eigenvalue weighted by molar-refractivity contribution is 0.0150. The fraction of sp³-hybridized carbons (Fsp3) is 0.538. The molecule has 0 amide bonds. The maximum atomic E-state index is 9.84. The van der Waals surface area contributed by atoms with E-state index in [1.807, 2.05) is 12.1 Å². The van der Waals surface area contributed by atoms with Gasteiger partial charge in [0, 0.05) is 6.61 Å². The first kappa shape index (κ1) is 14.1. The van der Waals surface area contributed by atoms with Crippen molar-refractivity contribution >= 4 is 0 Å². The predicted octanol–water partition coefficient (Wildman–Crippen LogP) is 0.355. The number of nitrogens with two attached hydrogens (primary N) is 1. The summed E-state index contributed by atoms with van der Waals surface area (Å²) in [4.78, 5) is 0. The number of aliphatic hydroxyl groups is 3. The van der Waals surface area contributed by atoms with Gasteiger partial charge in [0.05, 0.1) is 6.10 Å². The van der Waals surface area contributed by atoms with E-state index in [1.165, 1.54) is 0 Å². The van der Waals surface area contributed by atoms with Crippen LogP contribution in [0.1, 0.15) is 30.1 Å². The van der Waals surface area contributed by atoms with E-state index in [1.54, 1.807) is 12.1 Å². The Balaban J connectivity index is 2.60. The molecule has 0 aliphatic rings. The van der Waals surface area contributed by atoms with Crippen LogP contribution in [0.5, 0.6) is 0 Å². The molecule has 2 atom stereocenters. The van der Waals surface area contributed by atoms with Gasteiger partial charge in [0.15, 0.2) is 0 Å². The van der Waals surface area contributed by atoms with Gasteiger partial charge in [-0.15, -0.1) is 0 Å². The van der Waals surface area contributed by atoms with Crippen molar-refractivity contribution in [1.82, 2.24) is 0 Å². The number of hydrogen-bond acceptors (Lipinski definition) is 4. The molecule has 1 aromatic carbocycles. The second kappa shape index (κ2) is 7.40. The van der Waals surface area contributed by atoms with Gasteiger partial charge in [-0.2, -0.15) is 0 Å². The zero-order valence-corrected chi connectivity index (χ0v) is 9.92. The molecule has 4 nitrogen and oxygen atoms in total. The van der Waals surface area contributed by atoms with Crippen molar-refractivity contribution in [3.05, 3.63) is 35.4 Å². The largest absolute Gasteiger partial charge is 0.396 e. The normalized spacial score (nSPS) is 14.6. The lowest BCUT2D eigenvalue weighted by Gasteiger charge is -2.17. The van der Waals surface area contributed by atoms with Crippen LogP contribution in [0.15, 0.2) is 24.3 Å². The topological polar surface area (TPSA) is 86.7 Å². The number of benzene rings is 1. The average Bonchev–Trinajstić information content (AvgIpc) is 2.36. The third kappa shape index (κ3) is 4.44. The molecule has 0 aliphatic carbocycles. The highest BCUT2D eigenvalue weighted by molar-refractivity contribution is 5.24. The Morgan fingerprint density at radius 1 is 1.12 bits per heavy atom. The predicted molar refractivity (Wildman–Crippen MR) is 66.5 cm³/mol. The molecule has 0 aromatic heterocycles. The van der Waals surface area contributed by atoms with Crippen LogP contribution < -0.4 is 5.73 Å². The summed E-state index contributed by atoms with van der Waals surface area (Å²) in [7, 11) is 0. The van der Waals surface area contributed by atoms with Gasteiger partial charge in [-0.1, -0.05) is 24.3 Å². The van der Waals surface area contributed by atoms with Crippen molar-refractivity contribution in [1.29, 1.82) is 0 Å². The number of aryl methyl sites for hydroxylation is 1. The van der Waals surface area contributed by atoms with Crippen molar-refractivity contribution in [2.24, 2.45) is 5.73 Å². The Kier molecular flexibility index (Phi) is 6.15. The summed E-state index contributed by atoms with van der Waals surface area (Å²) in [5.74, 6) is 0. The van der Waals surface area contributed by atoms with Gasteiger partial charge in [0.1, 0.15) is 6.10 Å². The van der Waals surface area contributed by atoms with Gasteiger partial charge in [-0.05, 0) is 36.9 Å². The molecule has 96 valence electrons. The summed E-state index contributed by atoms with van der Waals surface area (Å²) in [5, 5.41) is 28.2. The van der Waals surface area contributed by atoms with Gasteiger partial charge in [-0.3, -0.25) is 0 Å². The van der Waals surface area contributed by atoms with E-state index in [2.05, 4.69) is 0 Å². The fourth-order valence-electron chi connectivity index (χ4n) is 1.72. The minimum atomic E-state index is -0.884. The second-order valence-electron chi connectivity index (χ2n) is 4.16. The van der Waals surface area contributed by atoms with Crippen LogP contribution in [-0.2, 0) is 6.42 Å². The van der Waals surface area contributed by atoms with Crippen LogP contribution in [-0.4, -0.2) is 34.6 Å². The maximum absolute atomic E-state index is 9.84. The minimum absolute atomic E-state index is 0.180. The summed E-state index contributed by atoms with van der Waals surface area (Å²) >= 11 is 0. The molecule has 0 spiro atoms. The Labute approximate surface area is 102 Å². The third-order valence-electron chi connectivity index (χ3n) is 2.77. The second-order valence-corrected chi connectivity index (χ2v) is 4.16. The SMILES string of the molecule is NCCC(O)C(O)c1ccc(CCCO)cc1. The molecule has 5 N–H and O–H groups in total. The fourth-order valence-corrected chi connectivity index (χ4v) is 1.72. The van der Waals surface area contributed by atoms with Gasteiger partial charge < -0.3 is 21.1 Å². The van der Waals surface area contributed by atoms with Crippen molar-refractivity contribution in [2.75, 3.05) is 13.2 Å². The van der Waals surface area contributed by atoms with Gasteiger partial charge >= 0.3 is 0 Å². The van der Waals surface area contributed by atoms with E-state index in [0.29, 0.717) is 18.5 Å². The van der Waals surface area contributed by atoms with E-state index >= 15 is 0 Å². The van der Waals surface area contributed by atoms with E-state index in [9.17, 15) is 10.2 Å². The van der Waals surface area contributed by atoms with E-state index in [-0.39, 0.29) is 6.61 Å². The summed E-state index contributed by atoms with van der Waals surface area (Å²) in [6.45, 7) is 0.534. The molecule has 4 heteroatoms. The molecule has 0 radical (unpaired) electrons. The van der Waals surface area contributed by atoms with Crippen molar-refractivity contribution in [3.8, 4) is 0 Å². The molecular weight excluding hydrogens is 218 g/mol. The van der Waals surface area contributed by atoms with E-state index in [4.69, 9.17) is 10.8 Å². The molecule has 2 unspecified atom stereocenters. The Morgan fingerprint density at radius 2 is 1.76 bits per heavy atom. The first-order valence-corrected chi connectivity index (χ1v) is 5.95. The Bertz CT molecular complexity index is 313. The number of hydrogen-bond donors (Lipinski definition) is 4. The lowest BCUT2D eigenvalue weighted by Crippen LogP contribution is -2.21. The Hall–Kier alpha value is -0.940. The zero-order valence-electron chi connectivity index (χ0n) is 9.92. The lowest BCUT2D eigenvalue weighted by atomic mass is 10.00. The standard InChI is InChI=1S/C13H21NO3/c14-8-7-12(16)13(17)11-5-3-10(4-6-11)2-1-9-15/h3-6,12-13,15-17H,1-2,7-9,14H2. The third-order valence-corrected chi connectivity index (χ3v) is 2.77. The van der Waals surface area contributed by atoms with Crippen LogP contribution in [0.2, 0.25) is 0 Å². The highest BCUT2D eigenvalue weighted by Crippen LogP contribution is 2.19. The summed E-state index contributed by atoms with van der Waals surface area (Å²) in [6, 6.07) is 7.42. The molecule has 0 heterocycles. The first-order chi connectivity index (χ1) is 8.19. The molecule has 0 saturated heterocycles. The summed E-state index contributed by atoms with van der Waals surface area (Å²) in [6.07, 6.45) is 0.234. The van der Waals surface area contributed by atoms with Gasteiger partial charge in [-0.25, -0.2) is 0 Å². The number of aliphatic hydroxyl groups excluding tert-OH is 3. The van der Waals surface area contributed by atoms with Gasteiger partial charge in [0.2, 0.25) is 0 Å². The van der Waals surface area contributed by atoms with Crippen molar-refractivity contribution in [3.63, 3.8) is 0 Å². The van der Waals surface area contributed by atoms with Gasteiger partial charge in [0.25, 0.3) is 0 Å². The smallest absolute Gasteiger partial charge is 0.105 e. The van der Waals surface area contributed by atoms with Crippen LogP contribution in [0.25, 0.3) is 0 Å². The maximum Gasteiger partial charge on any atom is 0.105 e. The molecule has 0 fully saturated rings. The molecule has 1 aromatic rings. The first-order valence-electron chi connectivity index (χ1n) is 5.95. The van der Waals surface area contributed by atoms with Crippen molar-refractivity contribution < 1.29 is 15.3 Å². The van der Waals surface area contributed by atoms with Crippen LogP contribution in [0.4, 0.5) is 0 Å². The molecule has 1 rings (SSSR count). The van der Waals surface area contributed by atoms with Crippen LogP contribution in [0.3, 0.4) is 0 Å². The minimum Gasteiger partial charge on any atom is -0.396 e. The molecule has 0 aliphatic heterocycles. The highest BCUT2D eigenvalue weighted by atomic mass is 16.3. The summed E-state index contributed by atoms with van der Waals surface area (Å²) in [5.41, 5.74) is 7.14. The molecule has 0 bridgehead atoms. The van der Waals surface area contributed by atoms with E-state index < -0.39 is 12.2 Å². The van der Waals surface area contributed by atoms with Crippen LogP contribution in [0, 0.1) is 0 Å². The molecule has 0 saturated carbocycles. The molecular formula is C13H21NO3. The van der Waals surface area contributed by atoms with E-state index in [0.717, 1.165) is 18.4 Å². The molecule has 17 heavy (non-hydrogen) atoms. The summed E-state index contributed by atoms with van der Waals surface area (Å²) < 4.78 is 0. The zero-order chi connectivity index (χ0) is 12.7. The monoisotopic (exact) mass is 239 g/mol.